The zero-order valence-electron chi connectivity index (χ0n) is 17.4. The highest BCUT2D eigenvalue weighted by molar-refractivity contribution is 5.80. The van der Waals surface area contributed by atoms with Gasteiger partial charge in [0.1, 0.15) is 5.60 Å². The number of ether oxygens (including phenoxy) is 2. The Morgan fingerprint density at radius 2 is 2.03 bits per heavy atom. The molecule has 0 aromatic carbocycles. The third-order valence-electron chi connectivity index (χ3n) is 5.94. The minimum atomic E-state index is -0.469. The molecule has 5 heterocycles. The fourth-order valence-corrected chi connectivity index (χ4v) is 4.33. The SMILES string of the molecule is CC(C)(C)OC(=O)N1CC=C(c2cnn3cc(N4CC5(COC5)C4)ccc23)CC1. The van der Waals surface area contributed by atoms with Crippen molar-refractivity contribution in [3.05, 3.63) is 36.2 Å². The van der Waals surface area contributed by atoms with E-state index in [-0.39, 0.29) is 6.09 Å². The summed E-state index contributed by atoms with van der Waals surface area (Å²) < 4.78 is 12.8. The van der Waals surface area contributed by atoms with Gasteiger partial charge in [0.15, 0.2) is 0 Å². The first-order chi connectivity index (χ1) is 13.8. The van der Waals surface area contributed by atoms with Crippen LogP contribution in [-0.4, -0.2) is 65.6 Å². The molecule has 7 heteroatoms. The summed E-state index contributed by atoms with van der Waals surface area (Å²) in [7, 11) is 0. The Hall–Kier alpha value is -2.54. The van der Waals surface area contributed by atoms with Crippen LogP contribution in [0.25, 0.3) is 11.1 Å². The molecule has 2 fully saturated rings. The number of aromatic nitrogens is 2. The van der Waals surface area contributed by atoms with Gasteiger partial charge in [-0.1, -0.05) is 6.08 Å². The topological polar surface area (TPSA) is 59.3 Å². The van der Waals surface area contributed by atoms with Gasteiger partial charge < -0.3 is 19.3 Å². The van der Waals surface area contributed by atoms with Gasteiger partial charge in [-0.2, -0.15) is 5.10 Å². The molecule has 0 atom stereocenters. The largest absolute Gasteiger partial charge is 0.444 e. The molecule has 2 aromatic heterocycles. The van der Waals surface area contributed by atoms with E-state index in [0.29, 0.717) is 18.5 Å². The van der Waals surface area contributed by atoms with Crippen LogP contribution in [0.15, 0.2) is 30.6 Å². The summed E-state index contributed by atoms with van der Waals surface area (Å²) >= 11 is 0. The second-order valence-electron chi connectivity index (χ2n) is 9.53. The second kappa shape index (κ2) is 6.49. The van der Waals surface area contributed by atoms with Crippen molar-refractivity contribution in [1.29, 1.82) is 0 Å². The van der Waals surface area contributed by atoms with E-state index in [1.165, 1.54) is 11.3 Å². The molecule has 5 rings (SSSR count). The minimum absolute atomic E-state index is 0.249. The average molecular weight is 396 g/mol. The third-order valence-corrected chi connectivity index (χ3v) is 5.94. The highest BCUT2D eigenvalue weighted by Gasteiger charge is 2.49. The summed E-state index contributed by atoms with van der Waals surface area (Å²) in [6.07, 6.45) is 6.72. The number of carbonyl (C=O) groups is 1. The van der Waals surface area contributed by atoms with Crippen molar-refractivity contribution in [2.24, 2.45) is 5.41 Å². The Morgan fingerprint density at radius 1 is 1.24 bits per heavy atom. The number of nitrogens with zero attached hydrogens (tertiary/aromatic N) is 4. The average Bonchev–Trinajstić information content (AvgIpc) is 3.01. The standard InChI is InChI=1S/C22H28N4O3/c1-21(2,3)29-20(27)24-8-6-16(7-9-24)18-10-23-26-11-17(4-5-19(18)26)25-12-22(13-25)14-28-15-22/h4-6,10-11H,7-9,12-15H2,1-3H3. The van der Waals surface area contributed by atoms with Crippen molar-refractivity contribution < 1.29 is 14.3 Å². The molecular formula is C22H28N4O3. The van der Waals surface area contributed by atoms with Gasteiger partial charge in [-0.3, -0.25) is 0 Å². The molecule has 1 spiro atoms. The van der Waals surface area contributed by atoms with E-state index >= 15 is 0 Å². The number of carbonyl (C=O) groups excluding carboxylic acids is 1. The summed E-state index contributed by atoms with van der Waals surface area (Å²) in [5.41, 5.74) is 4.63. The van der Waals surface area contributed by atoms with Gasteiger partial charge in [-0.05, 0) is 44.9 Å². The van der Waals surface area contributed by atoms with E-state index in [0.717, 1.165) is 43.8 Å². The molecule has 3 aliphatic rings. The predicted octanol–water partition coefficient (Wildman–Crippen LogP) is 3.20. The second-order valence-corrected chi connectivity index (χ2v) is 9.53. The normalized spacial score (nSPS) is 21.0. The molecule has 7 nitrogen and oxygen atoms in total. The zero-order chi connectivity index (χ0) is 20.2. The van der Waals surface area contributed by atoms with Crippen LogP contribution in [0.4, 0.5) is 10.5 Å². The molecule has 0 N–H and O–H groups in total. The van der Waals surface area contributed by atoms with Crippen molar-refractivity contribution in [3.63, 3.8) is 0 Å². The number of fused-ring (bicyclic) bond motifs is 1. The van der Waals surface area contributed by atoms with Gasteiger partial charge in [-0.25, -0.2) is 9.31 Å². The van der Waals surface area contributed by atoms with E-state index < -0.39 is 5.60 Å². The third kappa shape index (κ3) is 3.37. The van der Waals surface area contributed by atoms with E-state index in [4.69, 9.17) is 9.47 Å². The van der Waals surface area contributed by atoms with Crippen LogP contribution in [0.1, 0.15) is 32.8 Å². The lowest BCUT2D eigenvalue weighted by Gasteiger charge is -2.55. The van der Waals surface area contributed by atoms with Crippen LogP contribution in [0.3, 0.4) is 0 Å². The van der Waals surface area contributed by atoms with E-state index in [2.05, 4.69) is 34.4 Å². The Balaban J connectivity index is 1.29. The molecular weight excluding hydrogens is 368 g/mol. The first kappa shape index (κ1) is 18.5. The van der Waals surface area contributed by atoms with Gasteiger partial charge in [0.2, 0.25) is 0 Å². The number of amides is 1. The molecule has 154 valence electrons. The molecule has 0 unspecified atom stereocenters. The lowest BCUT2D eigenvalue weighted by Crippen LogP contribution is -2.66. The van der Waals surface area contributed by atoms with E-state index in [1.807, 2.05) is 31.5 Å². The predicted molar refractivity (Wildman–Crippen MR) is 111 cm³/mol. The molecule has 0 saturated carbocycles. The molecule has 29 heavy (non-hydrogen) atoms. The van der Waals surface area contributed by atoms with Gasteiger partial charge in [0, 0.05) is 31.7 Å². The first-order valence-electron chi connectivity index (χ1n) is 10.3. The number of rotatable bonds is 2. The Bertz CT molecular complexity index is 976. The zero-order valence-corrected chi connectivity index (χ0v) is 17.4. The maximum Gasteiger partial charge on any atom is 0.410 e. The van der Waals surface area contributed by atoms with E-state index in [9.17, 15) is 4.79 Å². The Kier molecular flexibility index (Phi) is 4.13. The molecule has 1 amide bonds. The van der Waals surface area contributed by atoms with Crippen LogP contribution in [0.2, 0.25) is 0 Å². The Labute approximate surface area is 170 Å². The maximum absolute atomic E-state index is 12.3. The molecule has 2 aromatic rings. The first-order valence-corrected chi connectivity index (χ1v) is 10.3. The van der Waals surface area contributed by atoms with Crippen molar-refractivity contribution in [3.8, 4) is 0 Å². The molecule has 0 radical (unpaired) electrons. The fourth-order valence-electron chi connectivity index (χ4n) is 4.33. The van der Waals surface area contributed by atoms with Gasteiger partial charge in [0.25, 0.3) is 0 Å². The monoisotopic (exact) mass is 396 g/mol. The van der Waals surface area contributed by atoms with Crippen molar-refractivity contribution in [2.75, 3.05) is 44.3 Å². The summed E-state index contributed by atoms with van der Waals surface area (Å²) in [5.74, 6) is 0. The smallest absolute Gasteiger partial charge is 0.410 e. The quantitative estimate of drug-likeness (QED) is 0.780. The fraction of sp³-hybridized carbons (Fsp3) is 0.545. The maximum atomic E-state index is 12.3. The number of hydrogen-bond donors (Lipinski definition) is 0. The highest BCUT2D eigenvalue weighted by Crippen LogP contribution is 2.40. The van der Waals surface area contributed by atoms with E-state index in [1.54, 1.807) is 4.90 Å². The summed E-state index contributed by atoms with van der Waals surface area (Å²) in [4.78, 5) is 16.4. The summed E-state index contributed by atoms with van der Waals surface area (Å²) in [6, 6.07) is 4.34. The number of pyridine rings is 1. The van der Waals surface area contributed by atoms with Gasteiger partial charge in [0.05, 0.1) is 42.2 Å². The van der Waals surface area contributed by atoms with Crippen LogP contribution >= 0.6 is 0 Å². The molecule has 0 bridgehead atoms. The molecule has 2 saturated heterocycles. The van der Waals surface area contributed by atoms with Crippen molar-refractivity contribution in [1.82, 2.24) is 14.5 Å². The molecule has 0 aliphatic carbocycles. The van der Waals surface area contributed by atoms with Crippen molar-refractivity contribution >= 4 is 22.9 Å². The number of anilines is 1. The van der Waals surface area contributed by atoms with Gasteiger partial charge >= 0.3 is 6.09 Å². The Morgan fingerprint density at radius 3 is 2.66 bits per heavy atom. The van der Waals surface area contributed by atoms with Crippen molar-refractivity contribution in [2.45, 2.75) is 32.8 Å². The lowest BCUT2D eigenvalue weighted by atomic mass is 9.78. The minimum Gasteiger partial charge on any atom is -0.444 e. The molecule has 3 aliphatic heterocycles. The van der Waals surface area contributed by atoms with Crippen LogP contribution in [-0.2, 0) is 9.47 Å². The summed E-state index contributed by atoms with van der Waals surface area (Å²) in [5, 5.41) is 4.59. The highest BCUT2D eigenvalue weighted by atomic mass is 16.6. The lowest BCUT2D eigenvalue weighted by molar-refractivity contribution is -0.127. The number of hydrogen-bond acceptors (Lipinski definition) is 5. The van der Waals surface area contributed by atoms with Crippen LogP contribution < -0.4 is 4.90 Å². The van der Waals surface area contributed by atoms with Gasteiger partial charge in [-0.15, -0.1) is 0 Å². The van der Waals surface area contributed by atoms with Crippen LogP contribution in [0.5, 0.6) is 0 Å². The van der Waals surface area contributed by atoms with Crippen LogP contribution in [0, 0.1) is 5.41 Å². The summed E-state index contributed by atoms with van der Waals surface area (Å²) in [6.45, 7) is 10.8.